The Balaban J connectivity index is 2.13. The second kappa shape index (κ2) is 7.70. The highest BCUT2D eigenvalue weighted by atomic mass is 16.5. The van der Waals surface area contributed by atoms with E-state index >= 15 is 0 Å². The van der Waals surface area contributed by atoms with E-state index in [0.717, 1.165) is 11.9 Å². The molecule has 0 unspecified atom stereocenters. The lowest BCUT2D eigenvalue weighted by Crippen LogP contribution is -2.13. The highest BCUT2D eigenvalue weighted by Crippen LogP contribution is 2.28. The van der Waals surface area contributed by atoms with E-state index < -0.39 is 5.97 Å². The van der Waals surface area contributed by atoms with Gasteiger partial charge in [-0.05, 0) is 24.5 Å². The second-order valence-electron chi connectivity index (χ2n) is 6.64. The largest absolute Gasteiger partial charge is 0.462 e. The molecule has 2 aromatic heterocycles. The zero-order valence-electron chi connectivity index (χ0n) is 15.4. The molecule has 0 amide bonds. The minimum Gasteiger partial charge on any atom is -0.462 e. The molecule has 3 aromatic rings. The molecule has 0 saturated heterocycles. The summed E-state index contributed by atoms with van der Waals surface area (Å²) in [7, 11) is 1.65. The van der Waals surface area contributed by atoms with E-state index in [0.29, 0.717) is 42.3 Å². The molecule has 0 saturated carbocycles. The van der Waals surface area contributed by atoms with Gasteiger partial charge in [0.25, 0.3) is 0 Å². The first kappa shape index (κ1) is 18.1. The second-order valence-corrected chi connectivity index (χ2v) is 6.64. The van der Waals surface area contributed by atoms with Crippen LogP contribution < -0.4 is 5.73 Å². The molecular weight excluding hydrogens is 332 g/mol. The minimum atomic E-state index is -0.462. The van der Waals surface area contributed by atoms with Gasteiger partial charge < -0.3 is 19.8 Å². The molecule has 2 heterocycles. The Hall–Kier alpha value is -2.67. The Morgan fingerprint density at radius 2 is 1.92 bits per heavy atom. The Labute approximate surface area is 152 Å². The molecule has 0 aliphatic heterocycles. The lowest BCUT2D eigenvalue weighted by atomic mass is 10.2. The molecule has 0 fully saturated rings. The average Bonchev–Trinajstić information content (AvgIpc) is 2.89. The molecule has 3 rings (SSSR count). The van der Waals surface area contributed by atoms with E-state index in [2.05, 4.69) is 9.97 Å². The van der Waals surface area contributed by atoms with Crippen molar-refractivity contribution in [3.05, 3.63) is 29.8 Å². The van der Waals surface area contributed by atoms with Gasteiger partial charge in [-0.1, -0.05) is 26.0 Å². The molecular formula is C19H24N4O3. The molecule has 0 aliphatic carbocycles. The summed E-state index contributed by atoms with van der Waals surface area (Å²) in [4.78, 5) is 22.0. The Bertz CT molecular complexity index is 933. The third kappa shape index (κ3) is 3.48. The first-order chi connectivity index (χ1) is 12.5. The van der Waals surface area contributed by atoms with Gasteiger partial charge in [0.1, 0.15) is 16.9 Å². The number of anilines is 1. The number of methoxy groups -OCH3 is 1. The number of rotatable bonds is 7. The third-order valence-corrected chi connectivity index (χ3v) is 4.07. The fourth-order valence-electron chi connectivity index (χ4n) is 2.83. The molecule has 7 heteroatoms. The molecule has 2 N–H and O–H groups in total. The summed E-state index contributed by atoms with van der Waals surface area (Å²) in [5.74, 6) is 0.110. The van der Waals surface area contributed by atoms with Crippen LogP contribution in [0.3, 0.4) is 0 Å². The van der Waals surface area contributed by atoms with Gasteiger partial charge in [0.15, 0.2) is 5.65 Å². The predicted molar refractivity (Wildman–Crippen MR) is 101 cm³/mol. The number of benzene rings is 1. The topological polar surface area (TPSA) is 92.3 Å². The van der Waals surface area contributed by atoms with Crippen LogP contribution >= 0.6 is 0 Å². The number of carbonyl (C=O) groups excluding carboxylic acids is 1. The number of para-hydroxylation sites is 2. The number of aromatic nitrogens is 3. The normalized spacial score (nSPS) is 11.5. The molecule has 0 bridgehead atoms. The zero-order valence-corrected chi connectivity index (χ0v) is 15.4. The number of hydrogen-bond acceptors (Lipinski definition) is 6. The van der Waals surface area contributed by atoms with E-state index in [1.54, 1.807) is 7.11 Å². The molecule has 0 aliphatic rings. The van der Waals surface area contributed by atoms with Crippen LogP contribution in [0.15, 0.2) is 24.3 Å². The van der Waals surface area contributed by atoms with Crippen molar-refractivity contribution in [1.29, 1.82) is 0 Å². The monoisotopic (exact) mass is 356 g/mol. The van der Waals surface area contributed by atoms with Crippen molar-refractivity contribution in [2.75, 3.05) is 26.1 Å². The van der Waals surface area contributed by atoms with Crippen LogP contribution in [0.1, 0.15) is 30.6 Å². The van der Waals surface area contributed by atoms with Crippen molar-refractivity contribution < 1.29 is 14.3 Å². The van der Waals surface area contributed by atoms with Crippen molar-refractivity contribution >= 4 is 34.0 Å². The number of aryl methyl sites for hydroxylation is 1. The Kier molecular flexibility index (Phi) is 5.37. The molecule has 0 radical (unpaired) electrons. The highest BCUT2D eigenvalue weighted by Gasteiger charge is 2.25. The summed E-state index contributed by atoms with van der Waals surface area (Å²) in [6.45, 7) is 5.47. The number of nitrogens with two attached hydrogens (primary N) is 1. The smallest absolute Gasteiger partial charge is 0.344 e. The summed E-state index contributed by atoms with van der Waals surface area (Å²) in [5, 5.41) is 0. The number of nitrogens with zero attached hydrogens (tertiary/aromatic N) is 3. The van der Waals surface area contributed by atoms with Gasteiger partial charge in [0.05, 0.1) is 17.6 Å². The number of carbonyl (C=O) groups is 1. The fraction of sp³-hybridized carbons (Fsp3) is 0.421. The van der Waals surface area contributed by atoms with Crippen LogP contribution in [0.25, 0.3) is 22.2 Å². The van der Waals surface area contributed by atoms with Crippen LogP contribution in [0.2, 0.25) is 0 Å². The van der Waals surface area contributed by atoms with Gasteiger partial charge in [-0.25, -0.2) is 14.8 Å². The lowest BCUT2D eigenvalue weighted by molar-refractivity contribution is 0.0462. The summed E-state index contributed by atoms with van der Waals surface area (Å²) >= 11 is 0. The maximum atomic E-state index is 12.7. The van der Waals surface area contributed by atoms with Gasteiger partial charge in [0, 0.05) is 20.3 Å². The van der Waals surface area contributed by atoms with Gasteiger partial charge in [-0.3, -0.25) is 0 Å². The van der Waals surface area contributed by atoms with E-state index in [4.69, 9.17) is 15.2 Å². The quantitative estimate of drug-likeness (QED) is 0.517. The maximum Gasteiger partial charge on any atom is 0.344 e. The zero-order chi connectivity index (χ0) is 18.7. The standard InChI is InChI=1S/C19H24N4O3/c1-12(2)11-26-19(24)15-16-18(23(17(15)20)9-6-10-25-3)22-14-8-5-4-7-13(14)21-16/h4-5,7-8,12H,6,9-11,20H2,1-3H3. The van der Waals surface area contributed by atoms with Gasteiger partial charge >= 0.3 is 5.97 Å². The SMILES string of the molecule is COCCCn1c(N)c(C(=O)OCC(C)C)c2nc3ccccc3nc21. The summed E-state index contributed by atoms with van der Waals surface area (Å²) in [5.41, 5.74) is 9.14. The van der Waals surface area contributed by atoms with Crippen molar-refractivity contribution in [2.24, 2.45) is 5.92 Å². The molecule has 1 aromatic carbocycles. The molecule has 138 valence electrons. The third-order valence-electron chi connectivity index (χ3n) is 4.07. The van der Waals surface area contributed by atoms with Gasteiger partial charge in [-0.15, -0.1) is 0 Å². The van der Waals surface area contributed by atoms with Crippen molar-refractivity contribution in [1.82, 2.24) is 14.5 Å². The minimum absolute atomic E-state index is 0.238. The van der Waals surface area contributed by atoms with E-state index in [1.807, 2.05) is 42.7 Å². The fourth-order valence-corrected chi connectivity index (χ4v) is 2.83. The van der Waals surface area contributed by atoms with Crippen molar-refractivity contribution in [3.8, 4) is 0 Å². The number of nitrogen functional groups attached to an aromatic ring is 1. The first-order valence-electron chi connectivity index (χ1n) is 8.73. The Morgan fingerprint density at radius 3 is 2.58 bits per heavy atom. The van der Waals surface area contributed by atoms with Crippen LogP contribution in [0, 0.1) is 5.92 Å². The average molecular weight is 356 g/mol. The maximum absolute atomic E-state index is 12.7. The van der Waals surface area contributed by atoms with Crippen LogP contribution in [0.4, 0.5) is 5.82 Å². The van der Waals surface area contributed by atoms with E-state index in [-0.39, 0.29) is 11.5 Å². The lowest BCUT2D eigenvalue weighted by Gasteiger charge is -2.08. The first-order valence-corrected chi connectivity index (χ1v) is 8.73. The van der Waals surface area contributed by atoms with Crippen LogP contribution in [-0.4, -0.2) is 40.8 Å². The van der Waals surface area contributed by atoms with Crippen LogP contribution in [-0.2, 0) is 16.0 Å². The molecule has 0 spiro atoms. The van der Waals surface area contributed by atoms with E-state index in [1.165, 1.54) is 0 Å². The number of esters is 1. The number of hydrogen-bond donors (Lipinski definition) is 1. The van der Waals surface area contributed by atoms with Gasteiger partial charge in [0.2, 0.25) is 0 Å². The van der Waals surface area contributed by atoms with Crippen molar-refractivity contribution in [2.45, 2.75) is 26.8 Å². The van der Waals surface area contributed by atoms with Crippen molar-refractivity contribution in [3.63, 3.8) is 0 Å². The van der Waals surface area contributed by atoms with Crippen LogP contribution in [0.5, 0.6) is 0 Å². The molecule has 26 heavy (non-hydrogen) atoms. The van der Waals surface area contributed by atoms with Gasteiger partial charge in [-0.2, -0.15) is 0 Å². The number of ether oxygens (including phenoxy) is 2. The molecule has 7 nitrogen and oxygen atoms in total. The summed E-state index contributed by atoms with van der Waals surface area (Å²) in [6, 6.07) is 7.55. The predicted octanol–water partition coefficient (Wildman–Crippen LogP) is 3.02. The van der Waals surface area contributed by atoms with E-state index in [9.17, 15) is 4.79 Å². The number of fused-ring (bicyclic) bond motifs is 2. The Morgan fingerprint density at radius 1 is 1.23 bits per heavy atom. The molecule has 0 atom stereocenters. The summed E-state index contributed by atoms with van der Waals surface area (Å²) < 4.78 is 12.3. The highest BCUT2D eigenvalue weighted by molar-refractivity contribution is 6.08. The summed E-state index contributed by atoms with van der Waals surface area (Å²) in [6.07, 6.45) is 0.749.